The number of aliphatic hydroxyl groups excluding tert-OH is 2. The highest BCUT2D eigenvalue weighted by molar-refractivity contribution is 5.95. The minimum absolute atomic E-state index is 0.0448. The quantitative estimate of drug-likeness (QED) is 0.434. The van der Waals surface area contributed by atoms with Gasteiger partial charge in [-0.15, -0.1) is 0 Å². The molecular weight excluding hydrogens is 440 g/mol. The Morgan fingerprint density at radius 1 is 1.00 bits per heavy atom. The maximum Gasteiger partial charge on any atom is 0.161 e. The van der Waals surface area contributed by atoms with Gasteiger partial charge in [0.2, 0.25) is 0 Å². The molecule has 2 N–H and O–H groups in total. The molecule has 0 amide bonds. The van der Waals surface area contributed by atoms with Crippen LogP contribution < -0.4 is 0 Å². The Morgan fingerprint density at radius 2 is 1.69 bits per heavy atom. The van der Waals surface area contributed by atoms with Crippen molar-refractivity contribution in [3.8, 4) is 0 Å². The van der Waals surface area contributed by atoms with Gasteiger partial charge in [-0.3, -0.25) is 4.79 Å². The predicted molar refractivity (Wildman–Crippen MR) is 133 cm³/mol. The summed E-state index contributed by atoms with van der Waals surface area (Å²) in [6.45, 7) is 15.3. The van der Waals surface area contributed by atoms with E-state index < -0.39 is 17.8 Å². The standard InChI is InChI=1S/C30H44O5/c1-26(2)21-15-23(32)30(7)19-9-8-17(16-14-18(34-25(16)33)24-27(3,4)35-24)28(19,5)12-10-20(30)29(21,6)13-11-22(26)31/h9,11,13,16-18,20-21,23-25,32-33H,8,10,12,14-15H2,1-7H3/t16-,17-,18+,20+,21-,23+,24?,25-,28-,29+,30-/m0/s1. The third-order valence-corrected chi connectivity index (χ3v) is 12.1. The van der Waals surface area contributed by atoms with Crippen LogP contribution in [0.15, 0.2) is 23.8 Å². The number of hydrogen-bond donors (Lipinski definition) is 2. The van der Waals surface area contributed by atoms with Gasteiger partial charge >= 0.3 is 0 Å². The Bertz CT molecular complexity index is 1010. The Hall–Kier alpha value is -1.01. The van der Waals surface area contributed by atoms with E-state index in [2.05, 4.69) is 60.6 Å². The Balaban J connectivity index is 1.32. The third kappa shape index (κ3) is 2.99. The first-order valence-corrected chi connectivity index (χ1v) is 13.8. The Labute approximate surface area is 210 Å². The van der Waals surface area contributed by atoms with Crippen LogP contribution in [0.5, 0.6) is 0 Å². The summed E-state index contributed by atoms with van der Waals surface area (Å²) in [6.07, 6.45) is 9.67. The first-order valence-electron chi connectivity index (χ1n) is 13.8. The number of aliphatic hydroxyl groups is 2. The molecule has 2 heterocycles. The fourth-order valence-corrected chi connectivity index (χ4v) is 10.0. The van der Waals surface area contributed by atoms with E-state index in [4.69, 9.17) is 9.47 Å². The van der Waals surface area contributed by atoms with Gasteiger partial charge in [-0.2, -0.15) is 0 Å². The lowest BCUT2D eigenvalue weighted by molar-refractivity contribution is -0.168. The van der Waals surface area contributed by atoms with Crippen LogP contribution in [-0.4, -0.2) is 46.2 Å². The fraction of sp³-hybridized carbons (Fsp3) is 0.833. The monoisotopic (exact) mass is 484 g/mol. The number of epoxide rings is 1. The normalized spacial score (nSPS) is 55.7. The van der Waals surface area contributed by atoms with Crippen LogP contribution in [0.3, 0.4) is 0 Å². The van der Waals surface area contributed by atoms with Crippen molar-refractivity contribution in [3.63, 3.8) is 0 Å². The predicted octanol–water partition coefficient (Wildman–Crippen LogP) is 4.81. The minimum atomic E-state index is -0.758. The molecule has 35 heavy (non-hydrogen) atoms. The number of carbonyl (C=O) groups is 1. The number of ketones is 1. The van der Waals surface area contributed by atoms with Crippen molar-refractivity contribution < 1.29 is 24.5 Å². The van der Waals surface area contributed by atoms with Gasteiger partial charge in [-0.1, -0.05) is 52.3 Å². The molecule has 0 radical (unpaired) electrons. The molecule has 6 rings (SSSR count). The lowest BCUT2D eigenvalue weighted by atomic mass is 9.38. The van der Waals surface area contributed by atoms with Crippen molar-refractivity contribution in [2.24, 2.45) is 45.3 Å². The van der Waals surface area contributed by atoms with Gasteiger partial charge in [-0.25, -0.2) is 0 Å². The van der Waals surface area contributed by atoms with Crippen molar-refractivity contribution in [2.75, 3.05) is 0 Å². The van der Waals surface area contributed by atoms with Gasteiger partial charge in [0.25, 0.3) is 0 Å². The van der Waals surface area contributed by atoms with E-state index in [0.717, 1.165) is 25.7 Å². The zero-order valence-electron chi connectivity index (χ0n) is 22.5. The summed E-state index contributed by atoms with van der Waals surface area (Å²) in [5, 5.41) is 22.8. The van der Waals surface area contributed by atoms with Crippen molar-refractivity contribution in [1.29, 1.82) is 0 Å². The minimum Gasteiger partial charge on any atom is -0.392 e. The molecule has 5 heteroatoms. The highest BCUT2D eigenvalue weighted by Gasteiger charge is 2.68. The highest BCUT2D eigenvalue weighted by Crippen LogP contribution is 2.72. The van der Waals surface area contributed by atoms with Crippen LogP contribution in [0.2, 0.25) is 0 Å². The lowest BCUT2D eigenvalue weighted by Crippen LogP contribution is -2.63. The zero-order valence-corrected chi connectivity index (χ0v) is 22.5. The average Bonchev–Trinajstić information content (AvgIpc) is 3.06. The van der Waals surface area contributed by atoms with E-state index in [1.807, 2.05) is 6.08 Å². The van der Waals surface area contributed by atoms with Gasteiger partial charge in [0.05, 0.1) is 17.8 Å². The van der Waals surface area contributed by atoms with Crippen LogP contribution in [0, 0.1) is 45.3 Å². The van der Waals surface area contributed by atoms with E-state index in [1.54, 1.807) is 0 Å². The zero-order chi connectivity index (χ0) is 25.3. The smallest absolute Gasteiger partial charge is 0.161 e. The summed E-state index contributed by atoms with van der Waals surface area (Å²) in [5.41, 5.74) is 0.247. The molecular formula is C30H44O5. The summed E-state index contributed by atoms with van der Waals surface area (Å²) in [4.78, 5) is 12.8. The molecule has 0 aromatic heterocycles. The lowest BCUT2D eigenvalue weighted by Gasteiger charge is -2.66. The van der Waals surface area contributed by atoms with Crippen LogP contribution in [-0.2, 0) is 14.3 Å². The van der Waals surface area contributed by atoms with Crippen LogP contribution >= 0.6 is 0 Å². The van der Waals surface area contributed by atoms with Gasteiger partial charge in [0, 0.05) is 16.7 Å². The molecule has 0 spiro atoms. The molecule has 0 bridgehead atoms. The number of allylic oxidation sites excluding steroid dienone is 3. The number of fused-ring (bicyclic) bond motifs is 5. The second kappa shape index (κ2) is 7.09. The number of rotatable bonds is 2. The summed E-state index contributed by atoms with van der Waals surface area (Å²) < 4.78 is 11.9. The van der Waals surface area contributed by atoms with E-state index in [1.165, 1.54) is 5.57 Å². The first kappa shape index (κ1) is 24.3. The Kier molecular flexibility index (Phi) is 4.93. The van der Waals surface area contributed by atoms with Crippen LogP contribution in [0.1, 0.15) is 80.6 Å². The van der Waals surface area contributed by atoms with E-state index >= 15 is 0 Å². The fourth-order valence-electron chi connectivity index (χ4n) is 10.0. The molecule has 5 nitrogen and oxygen atoms in total. The van der Waals surface area contributed by atoms with Crippen molar-refractivity contribution in [1.82, 2.24) is 0 Å². The van der Waals surface area contributed by atoms with Crippen molar-refractivity contribution in [3.05, 3.63) is 23.8 Å². The molecule has 0 aromatic carbocycles. The topological polar surface area (TPSA) is 79.3 Å². The molecule has 11 atom stereocenters. The molecule has 2 aliphatic heterocycles. The maximum absolute atomic E-state index is 12.8. The van der Waals surface area contributed by atoms with Gasteiger partial charge in [0.1, 0.15) is 6.10 Å². The SMILES string of the molecule is CC1(C)OC1[C@H]1C[C@@H]([C@@H]2CC=C3[C@]4(C)[C@H](O)C[C@H]5C(C)(C)C(=O)C=C[C@]5(C)[C@H]4CC[C@]32C)[C@@H](O)O1. The second-order valence-electron chi connectivity index (χ2n) is 14.4. The third-order valence-electron chi connectivity index (χ3n) is 12.1. The number of hydrogen-bond acceptors (Lipinski definition) is 5. The van der Waals surface area contributed by atoms with Gasteiger partial charge < -0.3 is 19.7 Å². The average molecular weight is 485 g/mol. The molecule has 4 fully saturated rings. The second-order valence-corrected chi connectivity index (χ2v) is 14.4. The van der Waals surface area contributed by atoms with Gasteiger partial charge in [0.15, 0.2) is 12.1 Å². The summed E-state index contributed by atoms with van der Waals surface area (Å²) in [5.74, 6) is 0.979. The summed E-state index contributed by atoms with van der Waals surface area (Å²) >= 11 is 0. The van der Waals surface area contributed by atoms with E-state index in [-0.39, 0.29) is 57.6 Å². The molecule has 6 aliphatic rings. The largest absolute Gasteiger partial charge is 0.392 e. The number of carbonyl (C=O) groups excluding carboxylic acids is 1. The van der Waals surface area contributed by atoms with Crippen LogP contribution in [0.25, 0.3) is 0 Å². The summed E-state index contributed by atoms with van der Waals surface area (Å²) in [7, 11) is 0. The van der Waals surface area contributed by atoms with E-state index in [0.29, 0.717) is 12.3 Å². The first-order chi connectivity index (χ1) is 16.2. The van der Waals surface area contributed by atoms with Crippen molar-refractivity contribution >= 4 is 5.78 Å². The molecule has 2 saturated heterocycles. The van der Waals surface area contributed by atoms with E-state index in [9.17, 15) is 15.0 Å². The molecule has 4 aliphatic carbocycles. The maximum atomic E-state index is 12.8. The highest BCUT2D eigenvalue weighted by atomic mass is 16.7. The Morgan fingerprint density at radius 3 is 2.34 bits per heavy atom. The summed E-state index contributed by atoms with van der Waals surface area (Å²) in [6, 6.07) is 0. The molecule has 194 valence electrons. The molecule has 0 aromatic rings. The molecule has 1 unspecified atom stereocenters. The molecule has 2 saturated carbocycles. The number of ether oxygens (including phenoxy) is 2. The van der Waals surface area contributed by atoms with Crippen LogP contribution in [0.4, 0.5) is 0 Å². The van der Waals surface area contributed by atoms with Gasteiger partial charge in [-0.05, 0) is 80.6 Å². The van der Waals surface area contributed by atoms with Crippen molar-refractivity contribution in [2.45, 2.75) is 111 Å².